The predicted molar refractivity (Wildman–Crippen MR) is 77.3 cm³/mol. The van der Waals surface area contributed by atoms with Gasteiger partial charge < -0.3 is 14.7 Å². The second-order valence-corrected chi connectivity index (χ2v) is 6.24. The Morgan fingerprint density at radius 3 is 2.61 bits per heavy atom. The standard InChI is InChI=1S/C15H29N3/c1-5-13(2)10-17-8-9-18(14(17)3)12-15-6-7-16(4)11-15/h13,15H,3,5-12H2,1-2,4H3. The van der Waals surface area contributed by atoms with Gasteiger partial charge in [-0.25, -0.2) is 0 Å². The normalized spacial score (nSPS) is 27.3. The van der Waals surface area contributed by atoms with Crippen molar-refractivity contribution >= 4 is 0 Å². The van der Waals surface area contributed by atoms with Gasteiger partial charge in [0.2, 0.25) is 0 Å². The Morgan fingerprint density at radius 1 is 1.28 bits per heavy atom. The van der Waals surface area contributed by atoms with Crippen molar-refractivity contribution in [1.82, 2.24) is 14.7 Å². The van der Waals surface area contributed by atoms with Crippen molar-refractivity contribution in [3.05, 3.63) is 12.4 Å². The summed E-state index contributed by atoms with van der Waals surface area (Å²) in [4.78, 5) is 7.43. The van der Waals surface area contributed by atoms with Gasteiger partial charge in [-0.3, -0.25) is 0 Å². The van der Waals surface area contributed by atoms with Crippen LogP contribution in [0.4, 0.5) is 0 Å². The first-order valence-corrected chi connectivity index (χ1v) is 7.47. The second kappa shape index (κ2) is 5.96. The first kappa shape index (κ1) is 13.7. The smallest absolute Gasteiger partial charge is 0.0966 e. The highest BCUT2D eigenvalue weighted by Gasteiger charge is 2.28. The van der Waals surface area contributed by atoms with E-state index in [9.17, 15) is 0 Å². The van der Waals surface area contributed by atoms with Crippen LogP contribution in [0, 0.1) is 11.8 Å². The molecule has 0 N–H and O–H groups in total. The summed E-state index contributed by atoms with van der Waals surface area (Å²) in [5, 5.41) is 0. The molecule has 2 saturated heterocycles. The van der Waals surface area contributed by atoms with Gasteiger partial charge >= 0.3 is 0 Å². The number of rotatable bonds is 5. The zero-order chi connectivity index (χ0) is 13.1. The molecule has 2 atom stereocenters. The van der Waals surface area contributed by atoms with Gasteiger partial charge in [0.15, 0.2) is 0 Å². The average molecular weight is 251 g/mol. The molecule has 0 radical (unpaired) electrons. The van der Waals surface area contributed by atoms with Crippen LogP contribution >= 0.6 is 0 Å². The molecule has 2 heterocycles. The summed E-state index contributed by atoms with van der Waals surface area (Å²) >= 11 is 0. The van der Waals surface area contributed by atoms with Gasteiger partial charge in [0, 0.05) is 32.7 Å². The van der Waals surface area contributed by atoms with Crippen molar-refractivity contribution in [1.29, 1.82) is 0 Å². The Kier molecular flexibility index (Phi) is 4.55. The summed E-state index contributed by atoms with van der Waals surface area (Å²) in [6.45, 7) is 16.2. The molecule has 0 aromatic rings. The molecule has 0 bridgehead atoms. The minimum atomic E-state index is 0.777. The van der Waals surface area contributed by atoms with Gasteiger partial charge in [-0.15, -0.1) is 0 Å². The third-order valence-corrected chi connectivity index (χ3v) is 4.57. The number of nitrogens with zero attached hydrogens (tertiary/aromatic N) is 3. The minimum Gasteiger partial charge on any atom is -0.357 e. The van der Waals surface area contributed by atoms with Gasteiger partial charge in [-0.05, 0) is 31.8 Å². The lowest BCUT2D eigenvalue weighted by Crippen LogP contribution is -2.30. The lowest BCUT2D eigenvalue weighted by molar-refractivity contribution is 0.274. The molecule has 3 heteroatoms. The highest BCUT2D eigenvalue weighted by Crippen LogP contribution is 2.23. The van der Waals surface area contributed by atoms with Crippen molar-refractivity contribution in [3.63, 3.8) is 0 Å². The molecular formula is C15H29N3. The third kappa shape index (κ3) is 3.19. The van der Waals surface area contributed by atoms with Crippen molar-refractivity contribution in [2.45, 2.75) is 26.7 Å². The maximum absolute atomic E-state index is 4.30. The van der Waals surface area contributed by atoms with Crippen LogP contribution in [0.1, 0.15) is 26.7 Å². The van der Waals surface area contributed by atoms with Gasteiger partial charge in [0.25, 0.3) is 0 Å². The first-order valence-electron chi connectivity index (χ1n) is 7.47. The molecule has 2 unspecified atom stereocenters. The molecule has 0 spiro atoms. The summed E-state index contributed by atoms with van der Waals surface area (Å²) in [7, 11) is 2.23. The maximum Gasteiger partial charge on any atom is 0.0966 e. The SMILES string of the molecule is C=C1N(CC(C)CC)CCN1CC1CCN(C)C1. The van der Waals surface area contributed by atoms with Crippen molar-refractivity contribution in [3.8, 4) is 0 Å². The van der Waals surface area contributed by atoms with E-state index in [0.717, 1.165) is 11.8 Å². The predicted octanol–water partition coefficient (Wildman–Crippen LogP) is 2.07. The molecule has 0 aromatic carbocycles. The van der Waals surface area contributed by atoms with Crippen molar-refractivity contribution < 1.29 is 0 Å². The quantitative estimate of drug-likeness (QED) is 0.740. The van der Waals surface area contributed by atoms with Crippen LogP contribution in [-0.4, -0.2) is 61.0 Å². The molecule has 3 nitrogen and oxygen atoms in total. The van der Waals surface area contributed by atoms with E-state index < -0.39 is 0 Å². The van der Waals surface area contributed by atoms with E-state index in [1.165, 1.54) is 57.9 Å². The van der Waals surface area contributed by atoms with Crippen LogP contribution in [0.15, 0.2) is 12.4 Å². The molecule has 2 aliphatic rings. The van der Waals surface area contributed by atoms with Crippen LogP contribution < -0.4 is 0 Å². The molecule has 104 valence electrons. The van der Waals surface area contributed by atoms with Crippen molar-refractivity contribution in [2.24, 2.45) is 11.8 Å². The second-order valence-electron chi connectivity index (χ2n) is 6.24. The first-order chi connectivity index (χ1) is 8.60. The fraction of sp³-hybridized carbons (Fsp3) is 0.867. The summed E-state index contributed by atoms with van der Waals surface area (Å²) < 4.78 is 0. The molecule has 2 rings (SSSR count). The van der Waals surface area contributed by atoms with E-state index >= 15 is 0 Å². The molecule has 2 fully saturated rings. The van der Waals surface area contributed by atoms with E-state index in [1.807, 2.05) is 0 Å². The van der Waals surface area contributed by atoms with Crippen molar-refractivity contribution in [2.75, 3.05) is 46.3 Å². The van der Waals surface area contributed by atoms with Gasteiger partial charge in [0.05, 0.1) is 5.82 Å². The number of hydrogen-bond donors (Lipinski definition) is 0. The van der Waals surface area contributed by atoms with Crippen LogP contribution in [0.3, 0.4) is 0 Å². The van der Waals surface area contributed by atoms with Crippen LogP contribution in [0.5, 0.6) is 0 Å². The molecule has 0 aromatic heterocycles. The maximum atomic E-state index is 4.30. The van der Waals surface area contributed by atoms with Gasteiger partial charge in [-0.2, -0.15) is 0 Å². The zero-order valence-corrected chi connectivity index (χ0v) is 12.4. The molecular weight excluding hydrogens is 222 g/mol. The monoisotopic (exact) mass is 251 g/mol. The average Bonchev–Trinajstić information content (AvgIpc) is 2.90. The Balaban J connectivity index is 1.80. The zero-order valence-electron chi connectivity index (χ0n) is 12.4. The summed E-state index contributed by atoms with van der Waals surface area (Å²) in [6.07, 6.45) is 2.61. The Bertz CT molecular complexity index is 289. The Hall–Kier alpha value is -0.700. The Morgan fingerprint density at radius 2 is 2.00 bits per heavy atom. The van der Waals surface area contributed by atoms with E-state index in [0.29, 0.717) is 0 Å². The van der Waals surface area contributed by atoms with E-state index in [2.05, 4.69) is 42.2 Å². The largest absolute Gasteiger partial charge is 0.357 e. The summed E-state index contributed by atoms with van der Waals surface area (Å²) in [6, 6.07) is 0. The van der Waals surface area contributed by atoms with Gasteiger partial charge in [-0.1, -0.05) is 26.8 Å². The molecule has 0 amide bonds. The van der Waals surface area contributed by atoms with Crippen LogP contribution in [0.2, 0.25) is 0 Å². The fourth-order valence-electron chi connectivity index (χ4n) is 3.09. The number of hydrogen-bond acceptors (Lipinski definition) is 3. The topological polar surface area (TPSA) is 9.72 Å². The third-order valence-electron chi connectivity index (χ3n) is 4.57. The van der Waals surface area contributed by atoms with E-state index in [4.69, 9.17) is 0 Å². The molecule has 18 heavy (non-hydrogen) atoms. The highest BCUT2D eigenvalue weighted by molar-refractivity contribution is 5.01. The van der Waals surface area contributed by atoms with Crippen LogP contribution in [-0.2, 0) is 0 Å². The fourth-order valence-corrected chi connectivity index (χ4v) is 3.09. The molecule has 0 aliphatic carbocycles. The lowest BCUT2D eigenvalue weighted by Gasteiger charge is -2.27. The highest BCUT2D eigenvalue weighted by atomic mass is 15.4. The van der Waals surface area contributed by atoms with E-state index in [-0.39, 0.29) is 0 Å². The summed E-state index contributed by atoms with van der Waals surface area (Å²) in [5.74, 6) is 2.89. The van der Waals surface area contributed by atoms with Crippen LogP contribution in [0.25, 0.3) is 0 Å². The molecule has 2 aliphatic heterocycles. The van der Waals surface area contributed by atoms with E-state index in [1.54, 1.807) is 0 Å². The lowest BCUT2D eigenvalue weighted by atomic mass is 10.1. The minimum absolute atomic E-state index is 0.777. The Labute approximate surface area is 112 Å². The number of likely N-dealkylation sites (tertiary alicyclic amines) is 1. The van der Waals surface area contributed by atoms with Gasteiger partial charge in [0.1, 0.15) is 0 Å². The summed E-state index contributed by atoms with van der Waals surface area (Å²) in [5.41, 5.74) is 0. The molecule has 0 saturated carbocycles.